The van der Waals surface area contributed by atoms with Crippen LogP contribution in [0, 0.1) is 5.82 Å². The zero-order chi connectivity index (χ0) is 17.0. The van der Waals surface area contributed by atoms with Crippen LogP contribution < -0.4 is 10.6 Å². The summed E-state index contributed by atoms with van der Waals surface area (Å²) in [6, 6.07) is 5.53. The Kier molecular flexibility index (Phi) is 4.90. The lowest BCUT2D eigenvalue weighted by Gasteiger charge is -2.08. The van der Waals surface area contributed by atoms with Gasteiger partial charge < -0.3 is 10.6 Å². The average Bonchev–Trinajstić information content (AvgIpc) is 3.00. The van der Waals surface area contributed by atoms with Gasteiger partial charge in [0.2, 0.25) is 5.91 Å². The minimum atomic E-state index is -0.611. The van der Waals surface area contributed by atoms with Gasteiger partial charge in [0.25, 0.3) is 5.91 Å². The van der Waals surface area contributed by atoms with Gasteiger partial charge in [0.15, 0.2) is 5.69 Å². The summed E-state index contributed by atoms with van der Waals surface area (Å²) >= 11 is 0. The number of halogens is 1. The molecule has 2 amide bonds. The third-order valence-corrected chi connectivity index (χ3v) is 3.12. The highest BCUT2D eigenvalue weighted by molar-refractivity contribution is 6.04. The molecule has 0 fully saturated rings. The SMILES string of the molecule is C=CC(=O)Nc1cc(NC(=O)c2cc(C(C)C)[nH]n2)ccc1F. The number of amides is 2. The Labute approximate surface area is 132 Å². The summed E-state index contributed by atoms with van der Waals surface area (Å²) in [5.74, 6) is -1.36. The number of hydrogen-bond donors (Lipinski definition) is 3. The van der Waals surface area contributed by atoms with Gasteiger partial charge in [0, 0.05) is 11.4 Å². The van der Waals surface area contributed by atoms with Crippen LogP contribution in [-0.4, -0.2) is 22.0 Å². The Balaban J connectivity index is 2.15. The van der Waals surface area contributed by atoms with Crippen LogP contribution in [0.25, 0.3) is 0 Å². The average molecular weight is 316 g/mol. The van der Waals surface area contributed by atoms with Crippen molar-refractivity contribution >= 4 is 23.2 Å². The molecule has 3 N–H and O–H groups in total. The van der Waals surface area contributed by atoms with E-state index in [1.165, 1.54) is 12.1 Å². The van der Waals surface area contributed by atoms with Crippen LogP contribution >= 0.6 is 0 Å². The number of nitrogens with one attached hydrogen (secondary N) is 3. The lowest BCUT2D eigenvalue weighted by molar-refractivity contribution is -0.111. The first kappa shape index (κ1) is 16.4. The molecule has 0 atom stereocenters. The van der Waals surface area contributed by atoms with E-state index in [1.807, 2.05) is 13.8 Å². The van der Waals surface area contributed by atoms with Gasteiger partial charge in [-0.1, -0.05) is 20.4 Å². The van der Waals surface area contributed by atoms with Crippen molar-refractivity contribution in [1.82, 2.24) is 10.2 Å². The summed E-state index contributed by atoms with van der Waals surface area (Å²) in [7, 11) is 0. The van der Waals surface area contributed by atoms with E-state index in [9.17, 15) is 14.0 Å². The monoisotopic (exact) mass is 316 g/mol. The van der Waals surface area contributed by atoms with Gasteiger partial charge in [-0.15, -0.1) is 0 Å². The minimum absolute atomic E-state index is 0.0439. The molecule has 120 valence electrons. The predicted molar refractivity (Wildman–Crippen MR) is 85.9 cm³/mol. The zero-order valence-electron chi connectivity index (χ0n) is 12.8. The Hall–Kier alpha value is -2.96. The summed E-state index contributed by atoms with van der Waals surface area (Å²) in [6.45, 7) is 7.25. The molecule has 0 unspecified atom stereocenters. The predicted octanol–water partition coefficient (Wildman–Crippen LogP) is 3.05. The van der Waals surface area contributed by atoms with E-state index in [2.05, 4.69) is 27.4 Å². The molecule has 23 heavy (non-hydrogen) atoms. The number of hydrogen-bond acceptors (Lipinski definition) is 3. The zero-order valence-corrected chi connectivity index (χ0v) is 12.8. The van der Waals surface area contributed by atoms with E-state index < -0.39 is 17.6 Å². The Morgan fingerprint density at radius 1 is 1.30 bits per heavy atom. The van der Waals surface area contributed by atoms with Gasteiger partial charge in [0.1, 0.15) is 5.82 Å². The maximum absolute atomic E-state index is 13.6. The maximum atomic E-state index is 13.6. The van der Waals surface area contributed by atoms with E-state index >= 15 is 0 Å². The standard InChI is InChI=1S/C16H17FN4O2/c1-4-15(22)19-13-7-10(5-6-11(13)17)18-16(23)14-8-12(9(2)3)20-21-14/h4-9H,1H2,2-3H3,(H,18,23)(H,19,22)(H,20,21). The molecule has 0 saturated heterocycles. The van der Waals surface area contributed by atoms with Gasteiger partial charge in [-0.2, -0.15) is 5.10 Å². The molecule has 0 bridgehead atoms. The number of rotatable bonds is 5. The molecule has 1 aromatic carbocycles. The number of aromatic nitrogens is 2. The van der Waals surface area contributed by atoms with Crippen molar-refractivity contribution < 1.29 is 14.0 Å². The fraction of sp³-hybridized carbons (Fsp3) is 0.188. The summed E-state index contributed by atoms with van der Waals surface area (Å²) in [6.07, 6.45) is 1.03. The van der Waals surface area contributed by atoms with E-state index in [0.29, 0.717) is 5.69 Å². The quantitative estimate of drug-likeness (QED) is 0.741. The van der Waals surface area contributed by atoms with E-state index in [1.54, 1.807) is 6.07 Å². The molecule has 0 aliphatic carbocycles. The van der Waals surface area contributed by atoms with Crippen molar-refractivity contribution in [3.63, 3.8) is 0 Å². The van der Waals surface area contributed by atoms with Crippen LogP contribution in [0.1, 0.15) is 35.9 Å². The van der Waals surface area contributed by atoms with Crippen LogP contribution in [0.5, 0.6) is 0 Å². The van der Waals surface area contributed by atoms with E-state index in [0.717, 1.165) is 17.8 Å². The largest absolute Gasteiger partial charge is 0.321 e. The van der Waals surface area contributed by atoms with Gasteiger partial charge >= 0.3 is 0 Å². The van der Waals surface area contributed by atoms with Gasteiger partial charge in [-0.25, -0.2) is 4.39 Å². The highest BCUT2D eigenvalue weighted by Gasteiger charge is 2.13. The lowest BCUT2D eigenvalue weighted by Crippen LogP contribution is -2.14. The summed E-state index contributed by atoms with van der Waals surface area (Å²) in [4.78, 5) is 23.4. The molecule has 0 saturated carbocycles. The number of carbonyl (C=O) groups is 2. The van der Waals surface area contributed by atoms with E-state index in [-0.39, 0.29) is 17.3 Å². The second-order valence-corrected chi connectivity index (χ2v) is 5.21. The maximum Gasteiger partial charge on any atom is 0.276 e. The second-order valence-electron chi connectivity index (χ2n) is 5.21. The first-order chi connectivity index (χ1) is 10.9. The second kappa shape index (κ2) is 6.87. The highest BCUT2D eigenvalue weighted by atomic mass is 19.1. The molecule has 0 spiro atoms. The van der Waals surface area contributed by atoms with Gasteiger partial charge in [-0.05, 0) is 36.3 Å². The van der Waals surface area contributed by atoms with Crippen LogP contribution in [0.3, 0.4) is 0 Å². The van der Waals surface area contributed by atoms with E-state index in [4.69, 9.17) is 0 Å². The van der Waals surface area contributed by atoms with Crippen molar-refractivity contribution in [2.24, 2.45) is 0 Å². The number of nitrogens with zero attached hydrogens (tertiary/aromatic N) is 1. The number of anilines is 2. The fourth-order valence-electron chi connectivity index (χ4n) is 1.83. The molecule has 6 nitrogen and oxygen atoms in total. The fourth-order valence-corrected chi connectivity index (χ4v) is 1.83. The molecule has 2 aromatic rings. The van der Waals surface area contributed by atoms with Crippen LogP contribution in [-0.2, 0) is 4.79 Å². The molecular formula is C16H17FN4O2. The van der Waals surface area contributed by atoms with Crippen molar-refractivity contribution in [3.8, 4) is 0 Å². The number of benzene rings is 1. The summed E-state index contributed by atoms with van der Waals surface area (Å²) in [5, 5.41) is 11.7. The van der Waals surface area contributed by atoms with Crippen molar-refractivity contribution in [2.45, 2.75) is 19.8 Å². The van der Waals surface area contributed by atoms with Gasteiger partial charge in [0.05, 0.1) is 5.69 Å². The topological polar surface area (TPSA) is 86.9 Å². The van der Waals surface area contributed by atoms with Crippen LogP contribution in [0.15, 0.2) is 36.9 Å². The third kappa shape index (κ3) is 4.03. The lowest BCUT2D eigenvalue weighted by atomic mass is 10.1. The Morgan fingerprint density at radius 2 is 2.04 bits per heavy atom. The molecule has 0 radical (unpaired) electrons. The summed E-state index contributed by atoms with van der Waals surface area (Å²) < 4.78 is 13.6. The Morgan fingerprint density at radius 3 is 2.65 bits per heavy atom. The van der Waals surface area contributed by atoms with Crippen LogP contribution in [0.2, 0.25) is 0 Å². The molecule has 1 heterocycles. The first-order valence-corrected chi connectivity index (χ1v) is 7.00. The first-order valence-electron chi connectivity index (χ1n) is 7.00. The molecule has 1 aromatic heterocycles. The third-order valence-electron chi connectivity index (χ3n) is 3.12. The smallest absolute Gasteiger partial charge is 0.276 e. The van der Waals surface area contributed by atoms with Gasteiger partial charge in [-0.3, -0.25) is 14.7 Å². The van der Waals surface area contributed by atoms with Crippen molar-refractivity contribution in [1.29, 1.82) is 0 Å². The summed E-state index contributed by atoms with van der Waals surface area (Å²) in [5.41, 5.74) is 1.37. The Bertz CT molecular complexity index is 752. The molecule has 0 aliphatic heterocycles. The minimum Gasteiger partial charge on any atom is -0.321 e. The molecular weight excluding hydrogens is 299 g/mol. The molecule has 0 aliphatic rings. The molecule has 7 heteroatoms. The van der Waals surface area contributed by atoms with Crippen molar-refractivity contribution in [2.75, 3.05) is 10.6 Å². The normalized spacial score (nSPS) is 10.4. The molecule has 2 rings (SSSR count). The number of aromatic amines is 1. The van der Waals surface area contributed by atoms with Crippen molar-refractivity contribution in [3.05, 3.63) is 54.1 Å². The number of H-pyrrole nitrogens is 1. The highest BCUT2D eigenvalue weighted by Crippen LogP contribution is 2.20. The number of carbonyl (C=O) groups excluding carboxylic acids is 2. The van der Waals surface area contributed by atoms with Crippen LogP contribution in [0.4, 0.5) is 15.8 Å².